The van der Waals surface area contributed by atoms with E-state index in [-0.39, 0.29) is 17.0 Å². The highest BCUT2D eigenvalue weighted by atomic mass is 32.1. The minimum absolute atomic E-state index is 0.304. The van der Waals surface area contributed by atoms with E-state index in [1.54, 1.807) is 46.9 Å². The van der Waals surface area contributed by atoms with Crippen molar-refractivity contribution in [3.8, 4) is 11.1 Å². The first-order valence-corrected chi connectivity index (χ1v) is 26.2. The standard InChI is InChI=1S/C66H46F2N2S2/c1-39-17-13-19-45-47-21-15-31-59(63(47)71-61(39)45)69(57-29-11-9-27-55(57)67)41-33-35-43-44-36-34-42(38-54(44)66(53(43)37-41)51-25-7-5-23-49(51)65(3,4)50-24-6-8-26-52(50)66)70(58-30-12-10-28-56(58)68)60-32-16-22-48-46-20-14-18-40(2)62(46)72-64(48)60/h5-38H,1-4H3. The minimum Gasteiger partial charge on any atom is -0.306 e. The van der Waals surface area contributed by atoms with Crippen LogP contribution in [-0.2, 0) is 10.8 Å². The summed E-state index contributed by atoms with van der Waals surface area (Å²) in [7, 11) is 0. The van der Waals surface area contributed by atoms with Crippen LogP contribution in [-0.4, -0.2) is 0 Å². The fraction of sp³-hybridized carbons (Fsp3) is 0.0909. The molecule has 2 nitrogen and oxygen atoms in total. The second-order valence-electron chi connectivity index (χ2n) is 19.9. The van der Waals surface area contributed by atoms with Crippen molar-refractivity contribution >= 4 is 97.1 Å². The van der Waals surface area contributed by atoms with Crippen LogP contribution >= 0.6 is 22.7 Å². The number of nitrogens with zero attached hydrogens (tertiary/aromatic N) is 2. The van der Waals surface area contributed by atoms with E-state index in [9.17, 15) is 0 Å². The first-order valence-electron chi connectivity index (χ1n) is 24.5. The molecule has 6 heteroatoms. The van der Waals surface area contributed by atoms with Gasteiger partial charge in [-0.15, -0.1) is 22.7 Å². The maximum atomic E-state index is 16.7. The summed E-state index contributed by atoms with van der Waals surface area (Å²) in [5.74, 6) is -0.607. The molecule has 0 saturated heterocycles. The predicted octanol–water partition coefficient (Wildman–Crippen LogP) is 19.3. The van der Waals surface area contributed by atoms with Gasteiger partial charge in [-0.2, -0.15) is 0 Å². The molecule has 2 heterocycles. The highest BCUT2D eigenvalue weighted by molar-refractivity contribution is 7.27. The van der Waals surface area contributed by atoms with Gasteiger partial charge < -0.3 is 9.80 Å². The number of para-hydroxylation sites is 2. The van der Waals surface area contributed by atoms with Crippen molar-refractivity contribution in [2.45, 2.75) is 38.5 Å². The molecular formula is C66H46F2N2S2. The van der Waals surface area contributed by atoms with Gasteiger partial charge in [0.25, 0.3) is 0 Å². The third-order valence-corrected chi connectivity index (χ3v) is 18.5. The van der Waals surface area contributed by atoms with Crippen LogP contribution in [0.5, 0.6) is 0 Å². The Hall–Kier alpha value is -7.90. The lowest BCUT2D eigenvalue weighted by Gasteiger charge is -2.47. The number of hydrogen-bond acceptors (Lipinski definition) is 4. The van der Waals surface area contributed by atoms with Crippen LogP contribution < -0.4 is 9.80 Å². The van der Waals surface area contributed by atoms with Crippen LogP contribution in [0.4, 0.5) is 42.9 Å². The van der Waals surface area contributed by atoms with Gasteiger partial charge in [-0.1, -0.05) is 159 Å². The molecule has 1 spiro atoms. The van der Waals surface area contributed by atoms with Crippen molar-refractivity contribution in [2.75, 3.05) is 9.80 Å². The molecule has 0 N–H and O–H groups in total. The molecule has 2 aromatic heterocycles. The second kappa shape index (κ2) is 15.8. The molecule has 12 aromatic rings. The van der Waals surface area contributed by atoms with Gasteiger partial charge in [0.2, 0.25) is 0 Å². The lowest BCUT2D eigenvalue weighted by molar-refractivity contribution is 0.563. The normalized spacial score (nSPS) is 13.9. The summed E-state index contributed by atoms with van der Waals surface area (Å²) in [5, 5.41) is 4.69. The molecule has 10 aromatic carbocycles. The summed E-state index contributed by atoms with van der Waals surface area (Å²) >= 11 is 3.53. The molecule has 2 aliphatic carbocycles. The molecule has 0 radical (unpaired) electrons. The van der Waals surface area contributed by atoms with Crippen LogP contribution in [0.15, 0.2) is 206 Å². The number of fused-ring (bicyclic) bond motifs is 15. The van der Waals surface area contributed by atoms with Gasteiger partial charge in [0, 0.05) is 47.7 Å². The zero-order valence-corrected chi connectivity index (χ0v) is 41.7. The molecule has 72 heavy (non-hydrogen) atoms. The predicted molar refractivity (Wildman–Crippen MR) is 300 cm³/mol. The van der Waals surface area contributed by atoms with E-state index in [4.69, 9.17) is 0 Å². The molecule has 0 atom stereocenters. The zero-order valence-electron chi connectivity index (χ0n) is 40.1. The fourth-order valence-electron chi connectivity index (χ4n) is 12.5. The molecule has 0 amide bonds. The minimum atomic E-state index is -0.831. The maximum Gasteiger partial charge on any atom is 0.147 e. The number of halogens is 2. The Kier molecular flexibility index (Phi) is 9.42. The monoisotopic (exact) mass is 968 g/mol. The second-order valence-corrected chi connectivity index (χ2v) is 22.0. The summed E-state index contributed by atoms with van der Waals surface area (Å²) in [5.41, 5.74) is 15.1. The first-order chi connectivity index (χ1) is 35.1. The van der Waals surface area contributed by atoms with E-state index in [1.807, 2.05) is 24.3 Å². The van der Waals surface area contributed by atoms with E-state index >= 15 is 8.78 Å². The van der Waals surface area contributed by atoms with E-state index in [0.717, 1.165) is 65.2 Å². The summed E-state index contributed by atoms with van der Waals surface area (Å²) in [6.07, 6.45) is 0. The van der Waals surface area contributed by atoms with Crippen molar-refractivity contribution in [1.29, 1.82) is 0 Å². The van der Waals surface area contributed by atoms with Gasteiger partial charge in [-0.25, -0.2) is 8.78 Å². The van der Waals surface area contributed by atoms with Gasteiger partial charge in [-0.3, -0.25) is 0 Å². The lowest BCUT2D eigenvalue weighted by atomic mass is 9.55. The topological polar surface area (TPSA) is 6.48 Å². The molecule has 0 unspecified atom stereocenters. The van der Waals surface area contributed by atoms with E-state index < -0.39 is 5.41 Å². The quantitative estimate of drug-likeness (QED) is 0.164. The van der Waals surface area contributed by atoms with Gasteiger partial charge in [0.1, 0.15) is 11.6 Å². The van der Waals surface area contributed by atoms with E-state index in [1.165, 1.54) is 53.6 Å². The third kappa shape index (κ3) is 5.91. The lowest BCUT2D eigenvalue weighted by Crippen LogP contribution is -2.40. The van der Waals surface area contributed by atoms with Gasteiger partial charge in [-0.05, 0) is 130 Å². The molecule has 0 aliphatic heterocycles. The molecule has 2 aliphatic rings. The number of aryl methyl sites for hydroxylation is 2. The number of benzene rings is 10. The Labute approximate surface area is 425 Å². The summed E-state index contributed by atoms with van der Waals surface area (Å²) in [4.78, 5) is 4.26. The Morgan fingerprint density at radius 2 is 0.708 bits per heavy atom. The molecular weight excluding hydrogens is 923 g/mol. The van der Waals surface area contributed by atoms with Crippen LogP contribution in [0.2, 0.25) is 0 Å². The Balaban J connectivity index is 1.07. The van der Waals surface area contributed by atoms with Gasteiger partial charge in [0.05, 0.1) is 37.6 Å². The molecule has 346 valence electrons. The average molecular weight is 969 g/mol. The number of anilines is 6. The number of thiophene rings is 2. The van der Waals surface area contributed by atoms with Gasteiger partial charge in [0.15, 0.2) is 0 Å². The highest BCUT2D eigenvalue weighted by Crippen LogP contribution is 2.64. The van der Waals surface area contributed by atoms with E-state index in [0.29, 0.717) is 11.4 Å². The smallest absolute Gasteiger partial charge is 0.147 e. The summed E-state index contributed by atoms with van der Waals surface area (Å²) < 4.78 is 38.1. The first kappa shape index (κ1) is 42.9. The van der Waals surface area contributed by atoms with E-state index in [2.05, 4.69) is 195 Å². The maximum absolute atomic E-state index is 16.7. The fourth-order valence-corrected chi connectivity index (χ4v) is 15.0. The van der Waals surface area contributed by atoms with Crippen LogP contribution in [0, 0.1) is 25.5 Å². The van der Waals surface area contributed by atoms with Crippen molar-refractivity contribution in [3.05, 3.63) is 262 Å². The largest absolute Gasteiger partial charge is 0.306 e. The molecule has 14 rings (SSSR count). The highest BCUT2D eigenvalue weighted by Gasteiger charge is 2.54. The molecule has 0 saturated carbocycles. The number of rotatable bonds is 6. The van der Waals surface area contributed by atoms with Gasteiger partial charge >= 0.3 is 0 Å². The Morgan fingerprint density at radius 3 is 1.14 bits per heavy atom. The molecule has 0 bridgehead atoms. The molecule has 0 fully saturated rings. The Morgan fingerprint density at radius 1 is 0.347 bits per heavy atom. The zero-order chi connectivity index (χ0) is 48.6. The SMILES string of the molecule is Cc1cccc2c1sc1c(N(c3ccc4c(c3)C3(c5cc(N(c6ccccc6F)c6cccc7c6sc6c(C)cccc67)ccc5-4)c4ccccc4C(C)(C)c4ccccc43)c3ccccc3F)cccc12. The van der Waals surface area contributed by atoms with Crippen LogP contribution in [0.25, 0.3) is 51.5 Å². The van der Waals surface area contributed by atoms with Crippen LogP contribution in [0.1, 0.15) is 58.4 Å². The van der Waals surface area contributed by atoms with Crippen molar-refractivity contribution in [1.82, 2.24) is 0 Å². The Bertz CT molecular complexity index is 3970. The van der Waals surface area contributed by atoms with Crippen molar-refractivity contribution in [2.24, 2.45) is 0 Å². The number of hydrogen-bond donors (Lipinski definition) is 0. The van der Waals surface area contributed by atoms with Crippen molar-refractivity contribution in [3.63, 3.8) is 0 Å². The average Bonchev–Trinajstić information content (AvgIpc) is 4.09. The third-order valence-electron chi connectivity index (χ3n) is 15.7. The van der Waals surface area contributed by atoms with Crippen LogP contribution in [0.3, 0.4) is 0 Å². The summed E-state index contributed by atoms with van der Waals surface area (Å²) in [6, 6.07) is 71.4. The summed E-state index contributed by atoms with van der Waals surface area (Å²) in [6.45, 7) is 9.00. The van der Waals surface area contributed by atoms with Crippen molar-refractivity contribution < 1.29 is 8.78 Å².